The lowest BCUT2D eigenvalue weighted by atomic mass is 9.93. The monoisotopic (exact) mass is 488 g/mol. The number of rotatable bonds is 4. The number of fused-ring (bicyclic) bond motifs is 2. The van der Waals surface area contributed by atoms with E-state index in [1.165, 1.54) is 0 Å². The number of hydrogen-bond acceptors (Lipinski definition) is 7. The quantitative estimate of drug-likeness (QED) is 0.599. The van der Waals surface area contributed by atoms with Crippen LogP contribution in [0.15, 0.2) is 60.9 Å². The molecule has 0 aliphatic carbocycles. The molecule has 9 heteroatoms. The fourth-order valence-electron chi connectivity index (χ4n) is 5.00. The third kappa shape index (κ3) is 4.73. The second-order valence-corrected chi connectivity index (χ2v) is 9.05. The Balaban J connectivity index is 1.25. The van der Waals surface area contributed by atoms with Crippen LogP contribution < -0.4 is 14.8 Å². The number of nitrogens with zero attached hydrogens (tertiary/aromatic N) is 3. The molecule has 3 aromatic rings. The number of ether oxygens (including phenoxy) is 4. The Kier molecular flexibility index (Phi) is 6.42. The number of hydrogen-bond donors (Lipinski definition) is 1. The number of carbonyl (C=O) groups excluding carboxylic acids is 1. The van der Waals surface area contributed by atoms with Gasteiger partial charge in [-0.05, 0) is 47.5 Å². The standard InChI is InChI=1S/C27H28N4O5/c32-27(29-23-2-1-7-28-14-23)31-10-8-30(9-11-31)26(19-3-5-24-21(12-19)15-33-17-35-24)20-4-6-25-22(13-20)16-34-18-36-25/h1-7,12-14,26H,8-11,15-18H2,(H,29,32). The molecule has 0 saturated carbocycles. The van der Waals surface area contributed by atoms with Crippen LogP contribution in [-0.2, 0) is 22.7 Å². The number of aromatic nitrogens is 1. The van der Waals surface area contributed by atoms with Gasteiger partial charge in [-0.1, -0.05) is 12.1 Å². The van der Waals surface area contributed by atoms with Crippen LogP contribution in [0.2, 0.25) is 0 Å². The van der Waals surface area contributed by atoms with Gasteiger partial charge in [0.25, 0.3) is 0 Å². The fourth-order valence-corrected chi connectivity index (χ4v) is 5.00. The average Bonchev–Trinajstić information content (AvgIpc) is 2.94. The zero-order valence-corrected chi connectivity index (χ0v) is 19.9. The van der Waals surface area contributed by atoms with E-state index in [2.05, 4.69) is 39.5 Å². The predicted molar refractivity (Wildman–Crippen MR) is 132 cm³/mol. The Morgan fingerprint density at radius 1 is 0.861 bits per heavy atom. The highest BCUT2D eigenvalue weighted by Gasteiger charge is 2.30. The maximum Gasteiger partial charge on any atom is 0.321 e. The zero-order chi connectivity index (χ0) is 24.3. The van der Waals surface area contributed by atoms with E-state index in [1.807, 2.05) is 29.2 Å². The largest absolute Gasteiger partial charge is 0.467 e. The zero-order valence-electron chi connectivity index (χ0n) is 19.9. The Bertz CT molecular complexity index is 1170. The normalized spacial score (nSPS) is 17.5. The van der Waals surface area contributed by atoms with E-state index in [0.29, 0.717) is 32.0 Å². The molecule has 6 rings (SSSR count). The molecule has 186 valence electrons. The smallest absolute Gasteiger partial charge is 0.321 e. The average molecular weight is 489 g/mol. The van der Waals surface area contributed by atoms with E-state index in [4.69, 9.17) is 18.9 Å². The molecule has 0 radical (unpaired) electrons. The second-order valence-electron chi connectivity index (χ2n) is 9.05. The molecule has 0 bridgehead atoms. The van der Waals surface area contributed by atoms with Crippen LogP contribution in [0.4, 0.5) is 10.5 Å². The van der Waals surface area contributed by atoms with Crippen molar-refractivity contribution in [1.29, 1.82) is 0 Å². The van der Waals surface area contributed by atoms with E-state index < -0.39 is 0 Å². The lowest BCUT2D eigenvalue weighted by molar-refractivity contribution is -0.0165. The van der Waals surface area contributed by atoms with Gasteiger partial charge in [0, 0.05) is 43.5 Å². The van der Waals surface area contributed by atoms with Crippen LogP contribution in [0.1, 0.15) is 28.3 Å². The number of benzene rings is 2. The molecule has 1 N–H and O–H groups in total. The van der Waals surface area contributed by atoms with Gasteiger partial charge < -0.3 is 29.2 Å². The Morgan fingerprint density at radius 2 is 1.50 bits per heavy atom. The van der Waals surface area contributed by atoms with E-state index in [1.54, 1.807) is 12.4 Å². The SMILES string of the molecule is O=C(Nc1cccnc1)N1CCN(C(c2ccc3c(c2)COCO3)c2ccc3c(c2)COCO3)CC1. The van der Waals surface area contributed by atoms with E-state index in [9.17, 15) is 4.79 Å². The number of nitrogens with one attached hydrogen (secondary N) is 1. The van der Waals surface area contributed by atoms with Crippen molar-refractivity contribution in [2.45, 2.75) is 19.3 Å². The summed E-state index contributed by atoms with van der Waals surface area (Å²) in [7, 11) is 0. The lowest BCUT2D eigenvalue weighted by Gasteiger charge is -2.40. The van der Waals surface area contributed by atoms with Gasteiger partial charge in [0.15, 0.2) is 13.6 Å². The molecule has 36 heavy (non-hydrogen) atoms. The molecule has 4 heterocycles. The van der Waals surface area contributed by atoms with Crippen LogP contribution in [-0.4, -0.2) is 60.6 Å². The van der Waals surface area contributed by atoms with Crippen molar-refractivity contribution < 1.29 is 23.7 Å². The molecule has 0 atom stereocenters. The molecular formula is C27H28N4O5. The Hall–Kier alpha value is -3.66. The van der Waals surface area contributed by atoms with Gasteiger partial charge in [-0.2, -0.15) is 0 Å². The fraction of sp³-hybridized carbons (Fsp3) is 0.333. The van der Waals surface area contributed by atoms with Gasteiger partial charge in [0.1, 0.15) is 11.5 Å². The molecule has 3 aliphatic heterocycles. The van der Waals surface area contributed by atoms with Gasteiger partial charge in [0.05, 0.1) is 31.1 Å². The van der Waals surface area contributed by atoms with Gasteiger partial charge in [-0.25, -0.2) is 4.79 Å². The summed E-state index contributed by atoms with van der Waals surface area (Å²) in [5.41, 5.74) is 5.10. The summed E-state index contributed by atoms with van der Waals surface area (Å²) < 4.78 is 22.3. The summed E-state index contributed by atoms with van der Waals surface area (Å²) in [6.07, 6.45) is 3.34. The lowest BCUT2D eigenvalue weighted by Crippen LogP contribution is -2.51. The van der Waals surface area contributed by atoms with Crippen molar-refractivity contribution in [3.63, 3.8) is 0 Å². The predicted octanol–water partition coefficient (Wildman–Crippen LogP) is 3.75. The number of anilines is 1. The minimum absolute atomic E-state index is 0.00740. The summed E-state index contributed by atoms with van der Waals surface area (Å²) in [5, 5.41) is 2.94. The minimum atomic E-state index is -0.106. The Morgan fingerprint density at radius 3 is 2.08 bits per heavy atom. The van der Waals surface area contributed by atoms with Crippen LogP contribution in [0.25, 0.3) is 0 Å². The second kappa shape index (κ2) is 10.1. The molecule has 3 aliphatic rings. The van der Waals surface area contributed by atoms with Crippen molar-refractivity contribution in [2.24, 2.45) is 0 Å². The first kappa shape index (κ1) is 22.8. The van der Waals surface area contributed by atoms with E-state index in [0.717, 1.165) is 46.8 Å². The Labute approximate surface area is 209 Å². The van der Waals surface area contributed by atoms with Crippen molar-refractivity contribution in [1.82, 2.24) is 14.8 Å². The number of piperazine rings is 1. The van der Waals surface area contributed by atoms with Gasteiger partial charge >= 0.3 is 6.03 Å². The first-order valence-corrected chi connectivity index (χ1v) is 12.1. The topological polar surface area (TPSA) is 85.4 Å². The van der Waals surface area contributed by atoms with Crippen molar-refractivity contribution in [2.75, 3.05) is 45.1 Å². The molecule has 9 nitrogen and oxygen atoms in total. The maximum atomic E-state index is 12.8. The van der Waals surface area contributed by atoms with Crippen molar-refractivity contribution in [3.05, 3.63) is 83.2 Å². The highest BCUT2D eigenvalue weighted by Crippen LogP contribution is 2.36. The number of urea groups is 1. The molecule has 1 fully saturated rings. The summed E-state index contributed by atoms with van der Waals surface area (Å²) in [5.74, 6) is 1.74. The number of amides is 2. The third-order valence-electron chi connectivity index (χ3n) is 6.79. The molecule has 2 amide bonds. The first-order valence-electron chi connectivity index (χ1n) is 12.1. The molecule has 2 aromatic carbocycles. The van der Waals surface area contributed by atoms with Crippen LogP contribution in [0.3, 0.4) is 0 Å². The maximum absolute atomic E-state index is 12.8. The summed E-state index contributed by atoms with van der Waals surface area (Å²) >= 11 is 0. The van der Waals surface area contributed by atoms with Gasteiger partial charge in [-0.3, -0.25) is 9.88 Å². The van der Waals surface area contributed by atoms with Crippen LogP contribution in [0, 0.1) is 0 Å². The minimum Gasteiger partial charge on any atom is -0.467 e. The summed E-state index contributed by atoms with van der Waals surface area (Å²) in [4.78, 5) is 21.2. The molecule has 0 spiro atoms. The first-order chi connectivity index (χ1) is 17.7. The van der Waals surface area contributed by atoms with Crippen LogP contribution in [0.5, 0.6) is 11.5 Å². The van der Waals surface area contributed by atoms with E-state index in [-0.39, 0.29) is 25.7 Å². The summed E-state index contributed by atoms with van der Waals surface area (Å²) in [6, 6.07) is 16.2. The van der Waals surface area contributed by atoms with E-state index >= 15 is 0 Å². The van der Waals surface area contributed by atoms with Crippen molar-refractivity contribution >= 4 is 11.7 Å². The highest BCUT2D eigenvalue weighted by atomic mass is 16.7. The van der Waals surface area contributed by atoms with Gasteiger partial charge in [-0.15, -0.1) is 0 Å². The van der Waals surface area contributed by atoms with Crippen molar-refractivity contribution in [3.8, 4) is 11.5 Å². The third-order valence-corrected chi connectivity index (χ3v) is 6.79. The highest BCUT2D eigenvalue weighted by molar-refractivity contribution is 5.89. The molecule has 1 aromatic heterocycles. The molecular weight excluding hydrogens is 460 g/mol. The van der Waals surface area contributed by atoms with Gasteiger partial charge in [0.2, 0.25) is 0 Å². The number of carbonyl (C=O) groups is 1. The summed E-state index contributed by atoms with van der Waals surface area (Å²) in [6.45, 7) is 4.34. The van der Waals surface area contributed by atoms with Crippen LogP contribution >= 0.6 is 0 Å². The molecule has 0 unspecified atom stereocenters. The number of pyridine rings is 1. The molecule has 1 saturated heterocycles.